The first-order chi connectivity index (χ1) is 13.1. The van der Waals surface area contributed by atoms with Gasteiger partial charge in [-0.05, 0) is 49.4 Å². The third kappa shape index (κ3) is 3.68. The largest absolute Gasteiger partial charge is 0.321 e. The highest BCUT2D eigenvalue weighted by atomic mass is 35.5. The predicted octanol–water partition coefficient (Wildman–Crippen LogP) is 5.76. The smallest absolute Gasteiger partial charge is 0.256 e. The number of hydrogen-bond acceptors (Lipinski definition) is 3. The number of ketones is 1. The second-order valence-electron chi connectivity index (χ2n) is 6.60. The van der Waals surface area contributed by atoms with Gasteiger partial charge in [-0.3, -0.25) is 9.59 Å². The molecule has 1 heterocycles. The Labute approximate surface area is 167 Å². The van der Waals surface area contributed by atoms with E-state index in [-0.39, 0.29) is 11.7 Å². The van der Waals surface area contributed by atoms with Crippen molar-refractivity contribution in [1.82, 2.24) is 0 Å². The van der Waals surface area contributed by atoms with Crippen molar-refractivity contribution in [3.8, 4) is 0 Å². The van der Waals surface area contributed by atoms with Crippen LogP contribution < -0.4 is 5.32 Å². The number of nitrogens with one attached hydrogen (secondary N) is 1. The Balaban J connectivity index is 1.65. The van der Waals surface area contributed by atoms with Gasteiger partial charge in [-0.2, -0.15) is 0 Å². The minimum Gasteiger partial charge on any atom is -0.321 e. The molecule has 0 fully saturated rings. The lowest BCUT2D eigenvalue weighted by Crippen LogP contribution is -2.17. The van der Waals surface area contributed by atoms with E-state index < -0.39 is 0 Å². The van der Waals surface area contributed by atoms with E-state index in [1.807, 2.05) is 23.6 Å². The van der Waals surface area contributed by atoms with Crippen molar-refractivity contribution in [3.63, 3.8) is 0 Å². The van der Waals surface area contributed by atoms with Gasteiger partial charge in [0.05, 0.1) is 11.3 Å². The molecule has 2 aromatic carbocycles. The zero-order chi connectivity index (χ0) is 18.8. The van der Waals surface area contributed by atoms with Crippen LogP contribution in [0.3, 0.4) is 0 Å². The Bertz CT molecular complexity index is 1010. The molecule has 1 aliphatic rings. The van der Waals surface area contributed by atoms with Crippen molar-refractivity contribution >= 4 is 40.3 Å². The van der Waals surface area contributed by atoms with Crippen molar-refractivity contribution in [3.05, 3.63) is 86.1 Å². The van der Waals surface area contributed by atoms with Crippen LogP contribution in [-0.4, -0.2) is 11.7 Å². The van der Waals surface area contributed by atoms with Gasteiger partial charge in [-0.25, -0.2) is 0 Å². The summed E-state index contributed by atoms with van der Waals surface area (Å²) in [6, 6.07) is 14.0. The van der Waals surface area contributed by atoms with E-state index in [2.05, 4.69) is 5.32 Å². The maximum Gasteiger partial charge on any atom is 0.256 e. The van der Waals surface area contributed by atoms with Gasteiger partial charge in [0.1, 0.15) is 0 Å². The minimum atomic E-state index is -0.168. The molecule has 136 valence electrons. The van der Waals surface area contributed by atoms with E-state index >= 15 is 0 Å². The summed E-state index contributed by atoms with van der Waals surface area (Å²) >= 11 is 7.77. The van der Waals surface area contributed by atoms with E-state index in [1.165, 1.54) is 11.3 Å². The van der Waals surface area contributed by atoms with Crippen LogP contribution in [0, 0.1) is 0 Å². The standard InChI is InChI=1S/C22H18ClNO2S/c23-15-10-11-19(17(12-15)21(25)14-6-2-1-3-7-14)24-22(26)18-13-27-20-9-5-4-8-16(18)20/h1-3,6-7,10-13H,4-5,8-9H2,(H,24,26). The van der Waals surface area contributed by atoms with Gasteiger partial charge in [0.15, 0.2) is 5.78 Å². The van der Waals surface area contributed by atoms with Crippen molar-refractivity contribution in [2.45, 2.75) is 25.7 Å². The number of amides is 1. The molecule has 0 aliphatic heterocycles. The number of anilines is 1. The van der Waals surface area contributed by atoms with Gasteiger partial charge in [0, 0.05) is 26.4 Å². The Morgan fingerprint density at radius 2 is 1.74 bits per heavy atom. The van der Waals surface area contributed by atoms with Crippen LogP contribution in [0.4, 0.5) is 5.69 Å². The van der Waals surface area contributed by atoms with Gasteiger partial charge in [0.25, 0.3) is 5.91 Å². The molecule has 5 heteroatoms. The Kier molecular flexibility index (Phi) is 5.10. The number of thiophene rings is 1. The SMILES string of the molecule is O=C(c1ccccc1)c1cc(Cl)ccc1NC(=O)c1csc2c1CCCC2. The topological polar surface area (TPSA) is 46.2 Å². The summed E-state index contributed by atoms with van der Waals surface area (Å²) in [6.07, 6.45) is 4.29. The second-order valence-corrected chi connectivity index (χ2v) is 8.00. The third-order valence-electron chi connectivity index (χ3n) is 4.82. The molecule has 1 amide bonds. The summed E-state index contributed by atoms with van der Waals surface area (Å²) in [4.78, 5) is 27.1. The molecule has 4 rings (SSSR count). The molecule has 1 aromatic heterocycles. The highest BCUT2D eigenvalue weighted by Crippen LogP contribution is 2.31. The molecule has 0 atom stereocenters. The van der Waals surface area contributed by atoms with E-state index in [0.717, 1.165) is 30.4 Å². The summed E-state index contributed by atoms with van der Waals surface area (Å²) in [5.74, 6) is -0.334. The van der Waals surface area contributed by atoms with Crippen LogP contribution in [0.5, 0.6) is 0 Å². The Morgan fingerprint density at radius 3 is 2.56 bits per heavy atom. The maximum absolute atomic E-state index is 12.9. The fourth-order valence-electron chi connectivity index (χ4n) is 3.43. The molecule has 3 nitrogen and oxygen atoms in total. The maximum atomic E-state index is 12.9. The number of fused-ring (bicyclic) bond motifs is 1. The fourth-order valence-corrected chi connectivity index (χ4v) is 4.73. The number of hydrogen-bond donors (Lipinski definition) is 1. The molecule has 0 radical (unpaired) electrons. The van der Waals surface area contributed by atoms with E-state index in [4.69, 9.17) is 11.6 Å². The number of halogens is 1. The monoisotopic (exact) mass is 395 g/mol. The molecule has 3 aromatic rings. The minimum absolute atomic E-state index is 0.166. The zero-order valence-corrected chi connectivity index (χ0v) is 16.2. The summed E-state index contributed by atoms with van der Waals surface area (Å²) in [7, 11) is 0. The van der Waals surface area contributed by atoms with Crippen LogP contribution in [0.25, 0.3) is 0 Å². The average molecular weight is 396 g/mol. The fraction of sp³-hybridized carbons (Fsp3) is 0.182. The lowest BCUT2D eigenvalue weighted by molar-refractivity contribution is 0.102. The predicted molar refractivity (Wildman–Crippen MR) is 110 cm³/mol. The van der Waals surface area contributed by atoms with Gasteiger partial charge >= 0.3 is 0 Å². The van der Waals surface area contributed by atoms with Crippen molar-refractivity contribution < 1.29 is 9.59 Å². The number of rotatable bonds is 4. The molecule has 1 aliphatic carbocycles. The molecule has 0 bridgehead atoms. The number of carbonyl (C=O) groups excluding carboxylic acids is 2. The zero-order valence-electron chi connectivity index (χ0n) is 14.6. The Morgan fingerprint density at radius 1 is 0.963 bits per heavy atom. The van der Waals surface area contributed by atoms with Crippen LogP contribution in [-0.2, 0) is 12.8 Å². The van der Waals surface area contributed by atoms with Crippen LogP contribution in [0.1, 0.15) is 49.6 Å². The normalized spacial score (nSPS) is 13.1. The Hall–Kier alpha value is -2.43. The third-order valence-corrected chi connectivity index (χ3v) is 6.14. The molecule has 0 saturated heterocycles. The highest BCUT2D eigenvalue weighted by molar-refractivity contribution is 7.10. The van der Waals surface area contributed by atoms with Gasteiger partial charge < -0.3 is 5.32 Å². The lowest BCUT2D eigenvalue weighted by Gasteiger charge is -2.14. The summed E-state index contributed by atoms with van der Waals surface area (Å²) < 4.78 is 0. The number of carbonyl (C=O) groups is 2. The van der Waals surface area contributed by atoms with E-state index in [1.54, 1.807) is 41.7 Å². The molecule has 0 spiro atoms. The average Bonchev–Trinajstić information content (AvgIpc) is 3.14. The first kappa shape index (κ1) is 18.0. The van der Waals surface area contributed by atoms with Crippen LogP contribution >= 0.6 is 22.9 Å². The highest BCUT2D eigenvalue weighted by Gasteiger charge is 2.22. The first-order valence-corrected chi connectivity index (χ1v) is 10.2. The number of aryl methyl sites for hydroxylation is 1. The quantitative estimate of drug-likeness (QED) is 0.570. The summed E-state index contributed by atoms with van der Waals surface area (Å²) in [5.41, 5.74) is 3.32. The van der Waals surface area contributed by atoms with Gasteiger partial charge in [-0.15, -0.1) is 11.3 Å². The van der Waals surface area contributed by atoms with Crippen molar-refractivity contribution in [2.24, 2.45) is 0 Å². The van der Waals surface area contributed by atoms with Crippen molar-refractivity contribution in [1.29, 1.82) is 0 Å². The second kappa shape index (κ2) is 7.67. The number of benzene rings is 2. The van der Waals surface area contributed by atoms with E-state index in [0.29, 0.717) is 21.8 Å². The van der Waals surface area contributed by atoms with Crippen molar-refractivity contribution in [2.75, 3.05) is 5.32 Å². The summed E-state index contributed by atoms with van der Waals surface area (Å²) in [5, 5.41) is 5.32. The van der Waals surface area contributed by atoms with Crippen LogP contribution in [0.15, 0.2) is 53.9 Å². The first-order valence-electron chi connectivity index (χ1n) is 8.93. The molecule has 0 unspecified atom stereocenters. The molecule has 27 heavy (non-hydrogen) atoms. The van der Waals surface area contributed by atoms with Gasteiger partial charge in [0.2, 0.25) is 0 Å². The van der Waals surface area contributed by atoms with E-state index in [9.17, 15) is 9.59 Å². The lowest BCUT2D eigenvalue weighted by atomic mass is 9.95. The van der Waals surface area contributed by atoms with Crippen LogP contribution in [0.2, 0.25) is 5.02 Å². The van der Waals surface area contributed by atoms with Gasteiger partial charge in [-0.1, -0.05) is 41.9 Å². The molecular formula is C22H18ClNO2S. The molecule has 0 saturated carbocycles. The summed E-state index contributed by atoms with van der Waals surface area (Å²) in [6.45, 7) is 0. The molecular weight excluding hydrogens is 378 g/mol. The molecule has 1 N–H and O–H groups in total.